The maximum atomic E-state index is 13.3. The van der Waals surface area contributed by atoms with Gasteiger partial charge >= 0.3 is 0 Å². The third-order valence-electron chi connectivity index (χ3n) is 5.97. The fourth-order valence-electron chi connectivity index (χ4n) is 3.93. The van der Waals surface area contributed by atoms with Crippen LogP contribution in [0.3, 0.4) is 0 Å². The molecule has 4 rings (SSSR count). The highest BCUT2D eigenvalue weighted by Gasteiger charge is 2.22. The van der Waals surface area contributed by atoms with Gasteiger partial charge in [0.1, 0.15) is 4.70 Å². The molecule has 1 fully saturated rings. The molecule has 7 nitrogen and oxygen atoms in total. The third-order valence-corrected chi connectivity index (χ3v) is 8.04. The van der Waals surface area contributed by atoms with E-state index in [4.69, 9.17) is 9.97 Å². The summed E-state index contributed by atoms with van der Waals surface area (Å²) in [5.41, 5.74) is 3.35. The number of nitrogens with zero attached hydrogens (tertiary/aromatic N) is 4. The summed E-state index contributed by atoms with van der Waals surface area (Å²) in [5.74, 6) is 0.788. The average Bonchev–Trinajstić information content (AvgIpc) is 3.22. The van der Waals surface area contributed by atoms with Crippen molar-refractivity contribution >= 4 is 50.2 Å². The number of carbonyl (C=O) groups excluding carboxylic acids is 1. The zero-order valence-electron chi connectivity index (χ0n) is 19.7. The second-order valence-electron chi connectivity index (χ2n) is 8.83. The molecule has 0 saturated carbocycles. The fraction of sp³-hybridized carbons (Fsp3) is 0.500. The van der Waals surface area contributed by atoms with Gasteiger partial charge in [0, 0.05) is 25.3 Å². The molecular weight excluding hydrogens is 454 g/mol. The molecule has 176 valence electrons. The lowest BCUT2D eigenvalue weighted by molar-refractivity contribution is -0.113. The summed E-state index contributed by atoms with van der Waals surface area (Å²) in [5, 5.41) is 4.40. The van der Waals surface area contributed by atoms with Crippen LogP contribution in [0.5, 0.6) is 0 Å². The molecule has 1 N–H and O–H groups in total. The Kier molecular flexibility index (Phi) is 7.38. The number of aryl methyl sites for hydroxylation is 2. The molecule has 0 bridgehead atoms. The first kappa shape index (κ1) is 23.8. The van der Waals surface area contributed by atoms with Gasteiger partial charge in [-0.25, -0.2) is 4.98 Å². The number of benzene rings is 1. The molecule has 1 aliphatic rings. The minimum atomic E-state index is -0.118. The lowest BCUT2D eigenvalue weighted by Gasteiger charge is -2.29. The SMILES string of the molecule is CCCn1c(SCC(=O)Nc2cc(C)ccc2C)nc2nc(N3CCC(C)CC3)sc2c1=O. The largest absolute Gasteiger partial charge is 0.348 e. The van der Waals surface area contributed by atoms with Crippen LogP contribution >= 0.6 is 23.1 Å². The lowest BCUT2D eigenvalue weighted by Crippen LogP contribution is -2.32. The average molecular weight is 486 g/mol. The van der Waals surface area contributed by atoms with Crippen molar-refractivity contribution in [3.8, 4) is 0 Å². The molecule has 0 radical (unpaired) electrons. The number of anilines is 2. The van der Waals surface area contributed by atoms with Crippen molar-refractivity contribution in [1.29, 1.82) is 0 Å². The van der Waals surface area contributed by atoms with Gasteiger partial charge in [-0.3, -0.25) is 14.2 Å². The Labute approximate surface area is 202 Å². The van der Waals surface area contributed by atoms with Gasteiger partial charge in [0.15, 0.2) is 15.9 Å². The van der Waals surface area contributed by atoms with Crippen molar-refractivity contribution in [1.82, 2.24) is 14.5 Å². The van der Waals surface area contributed by atoms with Crippen LogP contribution in [0.15, 0.2) is 28.2 Å². The lowest BCUT2D eigenvalue weighted by atomic mass is 10.00. The molecule has 9 heteroatoms. The van der Waals surface area contributed by atoms with Crippen molar-refractivity contribution in [2.45, 2.75) is 58.7 Å². The highest BCUT2D eigenvalue weighted by Crippen LogP contribution is 2.30. The van der Waals surface area contributed by atoms with E-state index in [0.29, 0.717) is 22.0 Å². The first-order chi connectivity index (χ1) is 15.9. The molecular formula is C24H31N5O2S2. The van der Waals surface area contributed by atoms with Crippen LogP contribution in [-0.4, -0.2) is 39.3 Å². The predicted molar refractivity (Wildman–Crippen MR) is 138 cm³/mol. The molecule has 2 aromatic heterocycles. The summed E-state index contributed by atoms with van der Waals surface area (Å²) in [7, 11) is 0. The first-order valence-corrected chi connectivity index (χ1v) is 13.3. The molecule has 33 heavy (non-hydrogen) atoms. The Morgan fingerprint density at radius 2 is 2.00 bits per heavy atom. The molecule has 1 saturated heterocycles. The quantitative estimate of drug-likeness (QED) is 0.381. The summed E-state index contributed by atoms with van der Waals surface area (Å²) >= 11 is 2.73. The standard InChI is InChI=1S/C24H31N5O2S2/c1-5-10-29-22(31)20-21(26-23(33-20)28-11-8-15(2)9-12-28)27-24(29)32-14-19(30)25-18-13-16(3)6-7-17(18)4/h6-7,13,15H,5,8-12,14H2,1-4H3,(H,25,30). The number of nitrogens with one attached hydrogen (secondary N) is 1. The van der Waals surface area contributed by atoms with E-state index in [-0.39, 0.29) is 17.2 Å². The van der Waals surface area contributed by atoms with E-state index in [1.807, 2.05) is 39.0 Å². The summed E-state index contributed by atoms with van der Waals surface area (Å²) in [6, 6.07) is 5.98. The smallest absolute Gasteiger partial charge is 0.273 e. The highest BCUT2D eigenvalue weighted by molar-refractivity contribution is 7.99. The molecule has 0 aliphatic carbocycles. The van der Waals surface area contributed by atoms with Gasteiger partial charge in [-0.15, -0.1) is 0 Å². The Bertz CT molecular complexity index is 1210. The minimum Gasteiger partial charge on any atom is -0.348 e. The fourth-order valence-corrected chi connectivity index (χ4v) is 5.75. The van der Waals surface area contributed by atoms with Crippen LogP contribution in [0.4, 0.5) is 10.8 Å². The van der Waals surface area contributed by atoms with Gasteiger partial charge in [0.2, 0.25) is 5.91 Å². The van der Waals surface area contributed by atoms with Crippen LogP contribution in [0.25, 0.3) is 10.3 Å². The number of thioether (sulfide) groups is 1. The maximum absolute atomic E-state index is 13.3. The summed E-state index contributed by atoms with van der Waals surface area (Å²) < 4.78 is 2.29. The van der Waals surface area contributed by atoms with E-state index in [1.54, 1.807) is 4.57 Å². The number of hydrogen-bond acceptors (Lipinski definition) is 7. The molecule has 0 spiro atoms. The number of amides is 1. The van der Waals surface area contributed by atoms with E-state index < -0.39 is 0 Å². The van der Waals surface area contributed by atoms with Crippen molar-refractivity contribution in [2.24, 2.45) is 5.92 Å². The number of rotatable bonds is 7. The van der Waals surface area contributed by atoms with Crippen LogP contribution in [-0.2, 0) is 11.3 Å². The van der Waals surface area contributed by atoms with Crippen molar-refractivity contribution in [3.05, 3.63) is 39.7 Å². The Hall–Kier alpha value is -2.39. The number of thiazole rings is 1. The molecule has 1 aliphatic heterocycles. The van der Waals surface area contributed by atoms with Gasteiger partial charge in [0.25, 0.3) is 5.56 Å². The topological polar surface area (TPSA) is 80.1 Å². The summed E-state index contributed by atoms with van der Waals surface area (Å²) in [6.45, 7) is 10.8. The maximum Gasteiger partial charge on any atom is 0.273 e. The molecule has 3 aromatic rings. The van der Waals surface area contributed by atoms with Crippen LogP contribution in [0.2, 0.25) is 0 Å². The van der Waals surface area contributed by atoms with E-state index in [0.717, 1.165) is 60.2 Å². The van der Waals surface area contributed by atoms with Crippen LogP contribution < -0.4 is 15.8 Å². The number of piperidine rings is 1. The third kappa shape index (κ3) is 5.41. The normalized spacial score (nSPS) is 14.7. The Morgan fingerprint density at radius 3 is 2.73 bits per heavy atom. The van der Waals surface area contributed by atoms with Crippen molar-refractivity contribution in [2.75, 3.05) is 29.1 Å². The minimum absolute atomic E-state index is 0.0617. The number of fused-ring (bicyclic) bond motifs is 1. The molecule has 0 atom stereocenters. The summed E-state index contributed by atoms with van der Waals surface area (Å²) in [4.78, 5) is 37.6. The van der Waals surface area contributed by atoms with Crippen molar-refractivity contribution in [3.63, 3.8) is 0 Å². The Balaban J connectivity index is 1.55. The molecule has 3 heterocycles. The second kappa shape index (κ2) is 10.3. The van der Waals surface area contributed by atoms with Gasteiger partial charge < -0.3 is 10.2 Å². The van der Waals surface area contributed by atoms with E-state index >= 15 is 0 Å². The molecule has 1 amide bonds. The van der Waals surface area contributed by atoms with E-state index in [2.05, 4.69) is 17.1 Å². The monoisotopic (exact) mass is 485 g/mol. The zero-order valence-corrected chi connectivity index (χ0v) is 21.3. The van der Waals surface area contributed by atoms with E-state index in [9.17, 15) is 9.59 Å². The summed E-state index contributed by atoms with van der Waals surface area (Å²) in [6.07, 6.45) is 3.09. The molecule has 0 unspecified atom stereocenters. The number of carbonyl (C=O) groups is 1. The van der Waals surface area contributed by atoms with Gasteiger partial charge in [-0.05, 0) is 56.2 Å². The predicted octanol–water partition coefficient (Wildman–Crippen LogP) is 4.85. The Morgan fingerprint density at radius 1 is 1.24 bits per heavy atom. The number of aromatic nitrogens is 3. The van der Waals surface area contributed by atoms with Crippen molar-refractivity contribution < 1.29 is 4.79 Å². The highest BCUT2D eigenvalue weighted by atomic mass is 32.2. The first-order valence-electron chi connectivity index (χ1n) is 11.5. The van der Waals surface area contributed by atoms with Crippen LogP contribution in [0.1, 0.15) is 44.2 Å². The van der Waals surface area contributed by atoms with E-state index in [1.165, 1.54) is 23.1 Å². The molecule has 1 aromatic carbocycles. The van der Waals surface area contributed by atoms with Gasteiger partial charge in [-0.2, -0.15) is 4.98 Å². The zero-order chi connectivity index (χ0) is 23.5. The van der Waals surface area contributed by atoms with Gasteiger partial charge in [-0.1, -0.05) is 49.1 Å². The van der Waals surface area contributed by atoms with Crippen LogP contribution in [0, 0.1) is 19.8 Å². The second-order valence-corrected chi connectivity index (χ2v) is 10.7. The van der Waals surface area contributed by atoms with Gasteiger partial charge in [0.05, 0.1) is 5.75 Å². The number of hydrogen-bond donors (Lipinski definition) is 1.